The van der Waals surface area contributed by atoms with Crippen LogP contribution in [0.25, 0.3) is 11.3 Å². The molecule has 1 heterocycles. The molecule has 4 N–H and O–H groups in total. The molecule has 0 saturated heterocycles. The number of methoxy groups -OCH3 is 2. The third-order valence-electron chi connectivity index (χ3n) is 8.56. The summed E-state index contributed by atoms with van der Waals surface area (Å²) in [6.45, 7) is 10.9. The van der Waals surface area contributed by atoms with Gasteiger partial charge in [-0.25, -0.2) is 20.0 Å². The number of benzene rings is 2. The zero-order valence-corrected chi connectivity index (χ0v) is 30.9. The number of urea groups is 1. The van der Waals surface area contributed by atoms with Gasteiger partial charge in [-0.2, -0.15) is 0 Å². The molecule has 0 spiro atoms. The first-order valence-corrected chi connectivity index (χ1v) is 17.1. The third kappa shape index (κ3) is 12.7. The average molecular weight is 704 g/mol. The Bertz CT molecular complexity index is 1570. The quantitative estimate of drug-likeness (QED) is 0.135. The van der Waals surface area contributed by atoms with Crippen molar-refractivity contribution in [3.05, 3.63) is 90.1 Å². The van der Waals surface area contributed by atoms with Gasteiger partial charge in [0, 0.05) is 17.8 Å². The molecule has 4 atom stereocenters. The SMILES string of the molecule is COC(=O)CC(C(=O)NC(Cc1ccccc1)CC(O)C(Cc1ccc(-c2ccccn2)cc1)NC(=O)N(NC(=O)OC)C(C)(C)C)C(C)(C)C. The maximum atomic E-state index is 13.8. The molecule has 12 heteroatoms. The molecular weight excluding hydrogens is 650 g/mol. The van der Waals surface area contributed by atoms with Gasteiger partial charge in [-0.3, -0.25) is 14.6 Å². The Kier molecular flexibility index (Phi) is 14.5. The van der Waals surface area contributed by atoms with E-state index in [9.17, 15) is 24.3 Å². The van der Waals surface area contributed by atoms with Crippen LogP contribution in [-0.2, 0) is 31.9 Å². The largest absolute Gasteiger partial charge is 0.469 e. The second-order valence-electron chi connectivity index (χ2n) is 14.7. The number of nitrogens with one attached hydrogen (secondary N) is 3. The number of carbonyl (C=O) groups excluding carboxylic acids is 4. The molecule has 0 aliphatic rings. The minimum Gasteiger partial charge on any atom is -0.469 e. The van der Waals surface area contributed by atoms with Crippen LogP contribution in [0.2, 0.25) is 0 Å². The van der Waals surface area contributed by atoms with E-state index in [1.54, 1.807) is 27.0 Å². The summed E-state index contributed by atoms with van der Waals surface area (Å²) in [6, 6.07) is 20.8. The van der Waals surface area contributed by atoms with Gasteiger partial charge in [0.2, 0.25) is 5.91 Å². The van der Waals surface area contributed by atoms with E-state index in [0.717, 1.165) is 27.4 Å². The number of aliphatic hydroxyl groups excluding tert-OH is 1. The Hall–Kier alpha value is -4.97. The molecule has 0 bridgehead atoms. The van der Waals surface area contributed by atoms with Crippen LogP contribution in [0.1, 0.15) is 65.5 Å². The Morgan fingerprint density at radius 1 is 0.804 bits per heavy atom. The van der Waals surface area contributed by atoms with Gasteiger partial charge in [-0.15, -0.1) is 0 Å². The van der Waals surface area contributed by atoms with Crippen molar-refractivity contribution in [1.29, 1.82) is 0 Å². The molecule has 12 nitrogen and oxygen atoms in total. The number of esters is 1. The van der Waals surface area contributed by atoms with Crippen LogP contribution in [0, 0.1) is 11.3 Å². The molecule has 0 radical (unpaired) electrons. The van der Waals surface area contributed by atoms with E-state index in [1.807, 2.05) is 93.6 Å². The number of aliphatic hydroxyl groups is 1. The van der Waals surface area contributed by atoms with Crippen LogP contribution in [0.5, 0.6) is 0 Å². The minimum absolute atomic E-state index is 0.0621. The molecule has 3 aromatic rings. The smallest absolute Gasteiger partial charge is 0.426 e. The van der Waals surface area contributed by atoms with E-state index in [1.165, 1.54) is 14.2 Å². The fourth-order valence-corrected chi connectivity index (χ4v) is 5.66. The van der Waals surface area contributed by atoms with Gasteiger partial charge < -0.3 is 25.2 Å². The average Bonchev–Trinajstić information content (AvgIpc) is 3.08. The predicted molar refractivity (Wildman–Crippen MR) is 195 cm³/mol. The summed E-state index contributed by atoms with van der Waals surface area (Å²) in [5.74, 6) is -1.53. The first-order chi connectivity index (χ1) is 24.0. The summed E-state index contributed by atoms with van der Waals surface area (Å²) < 4.78 is 9.63. The molecule has 4 amide bonds. The Morgan fingerprint density at radius 2 is 1.43 bits per heavy atom. The van der Waals surface area contributed by atoms with Crippen molar-refractivity contribution in [1.82, 2.24) is 26.1 Å². The van der Waals surface area contributed by atoms with Crippen molar-refractivity contribution in [2.24, 2.45) is 11.3 Å². The number of nitrogens with zero attached hydrogens (tertiary/aromatic N) is 2. The number of rotatable bonds is 13. The lowest BCUT2D eigenvalue weighted by atomic mass is 9.78. The monoisotopic (exact) mass is 703 g/mol. The van der Waals surface area contributed by atoms with E-state index in [0.29, 0.717) is 6.42 Å². The molecule has 1 aromatic heterocycles. The van der Waals surface area contributed by atoms with Gasteiger partial charge in [0.05, 0.1) is 49.9 Å². The van der Waals surface area contributed by atoms with Crippen LogP contribution >= 0.6 is 0 Å². The number of hydrazine groups is 1. The van der Waals surface area contributed by atoms with Gasteiger partial charge in [0.15, 0.2) is 0 Å². The summed E-state index contributed by atoms with van der Waals surface area (Å²) in [6.07, 6.45) is 0.307. The maximum absolute atomic E-state index is 13.8. The normalized spacial score (nSPS) is 13.9. The summed E-state index contributed by atoms with van der Waals surface area (Å²) in [4.78, 5) is 56.5. The van der Waals surface area contributed by atoms with E-state index in [2.05, 4.69) is 21.0 Å². The topological polar surface area (TPSA) is 159 Å². The van der Waals surface area contributed by atoms with E-state index >= 15 is 0 Å². The first-order valence-electron chi connectivity index (χ1n) is 17.1. The second kappa shape index (κ2) is 18.3. The van der Waals surface area contributed by atoms with Crippen molar-refractivity contribution in [2.45, 2.75) is 91.0 Å². The summed E-state index contributed by atoms with van der Waals surface area (Å²) >= 11 is 0. The molecule has 0 saturated carbocycles. The van der Waals surface area contributed by atoms with Gasteiger partial charge in [0.25, 0.3) is 0 Å². The lowest BCUT2D eigenvalue weighted by molar-refractivity contribution is -0.146. The molecule has 0 aliphatic heterocycles. The second-order valence-corrected chi connectivity index (χ2v) is 14.7. The van der Waals surface area contributed by atoms with Gasteiger partial charge in [-0.1, -0.05) is 81.4 Å². The predicted octanol–water partition coefficient (Wildman–Crippen LogP) is 5.44. The molecule has 0 fully saturated rings. The lowest BCUT2D eigenvalue weighted by Crippen LogP contribution is -2.62. The number of ether oxygens (including phenoxy) is 2. The summed E-state index contributed by atoms with van der Waals surface area (Å²) in [5.41, 5.74) is 4.53. The number of carbonyl (C=O) groups is 4. The molecule has 3 rings (SSSR count). The van der Waals surface area contributed by atoms with Crippen LogP contribution in [0.15, 0.2) is 79.0 Å². The summed E-state index contributed by atoms with van der Waals surface area (Å²) in [7, 11) is 2.49. The highest BCUT2D eigenvalue weighted by molar-refractivity contribution is 5.84. The first kappa shape index (κ1) is 40.5. The third-order valence-corrected chi connectivity index (χ3v) is 8.56. The summed E-state index contributed by atoms with van der Waals surface area (Å²) in [5, 5.41) is 19.1. The molecule has 276 valence electrons. The van der Waals surface area contributed by atoms with Gasteiger partial charge >= 0.3 is 18.1 Å². The number of aromatic nitrogens is 1. The molecule has 4 unspecified atom stereocenters. The lowest BCUT2D eigenvalue weighted by Gasteiger charge is -2.37. The number of hydrogen-bond acceptors (Lipinski definition) is 8. The highest BCUT2D eigenvalue weighted by Crippen LogP contribution is 2.30. The number of pyridine rings is 1. The van der Waals surface area contributed by atoms with E-state index in [4.69, 9.17) is 9.47 Å². The fourth-order valence-electron chi connectivity index (χ4n) is 5.66. The van der Waals surface area contributed by atoms with Crippen molar-refractivity contribution in [3.63, 3.8) is 0 Å². The van der Waals surface area contributed by atoms with Crippen LogP contribution in [0.3, 0.4) is 0 Å². The highest BCUT2D eigenvalue weighted by Gasteiger charge is 2.36. The zero-order valence-electron chi connectivity index (χ0n) is 30.9. The molecule has 2 aromatic carbocycles. The van der Waals surface area contributed by atoms with Crippen molar-refractivity contribution >= 4 is 24.0 Å². The fraction of sp³-hybridized carbons (Fsp3) is 0.462. The van der Waals surface area contributed by atoms with E-state index < -0.39 is 53.2 Å². The standard InChI is InChI=1S/C39H53N5O7/c1-38(2,3)30(25-34(46)50-7)35(47)41-29(22-26-14-10-9-11-15-26)24-33(45)32(42-36(48)44(39(4,5)6)43-37(49)51-8)23-27-17-19-28(20-18-27)31-16-12-13-21-40-31/h9-21,29-30,32-33,45H,22-25H2,1-8H3,(H,41,47)(H,42,48)(H,43,49). The Balaban J connectivity index is 1.96. The van der Waals surface area contributed by atoms with Crippen molar-refractivity contribution in [2.75, 3.05) is 14.2 Å². The van der Waals surface area contributed by atoms with Crippen molar-refractivity contribution < 1.29 is 33.8 Å². The van der Waals surface area contributed by atoms with Gasteiger partial charge in [0.1, 0.15) is 0 Å². The molecule has 51 heavy (non-hydrogen) atoms. The zero-order chi connectivity index (χ0) is 37.8. The van der Waals surface area contributed by atoms with Crippen LogP contribution < -0.4 is 16.1 Å². The van der Waals surface area contributed by atoms with E-state index in [-0.39, 0.29) is 25.2 Å². The molecule has 0 aliphatic carbocycles. The maximum Gasteiger partial charge on any atom is 0.426 e. The van der Waals surface area contributed by atoms with Crippen LogP contribution in [0.4, 0.5) is 9.59 Å². The van der Waals surface area contributed by atoms with Crippen LogP contribution in [-0.4, -0.2) is 77.0 Å². The Morgan fingerprint density at radius 3 is 1.98 bits per heavy atom. The highest BCUT2D eigenvalue weighted by atomic mass is 16.5. The van der Waals surface area contributed by atoms with Crippen molar-refractivity contribution in [3.8, 4) is 11.3 Å². The number of amides is 4. The Labute approximate surface area is 301 Å². The minimum atomic E-state index is -1.16. The molecular formula is C39H53N5O7. The number of hydrogen-bond donors (Lipinski definition) is 4. The van der Waals surface area contributed by atoms with Gasteiger partial charge in [-0.05, 0) is 68.7 Å².